The fraction of sp³-hybridized carbons (Fsp3) is 0.235. The zero-order valence-corrected chi connectivity index (χ0v) is 12.5. The van der Waals surface area contributed by atoms with Crippen LogP contribution in [0.4, 0.5) is 0 Å². The van der Waals surface area contributed by atoms with Gasteiger partial charge in [-0.1, -0.05) is 29.8 Å². The first kappa shape index (κ1) is 14.9. The Bertz CT molecular complexity index is 620. The molecule has 2 rings (SSSR count). The highest BCUT2D eigenvalue weighted by Crippen LogP contribution is 2.24. The molecule has 1 amide bonds. The summed E-state index contributed by atoms with van der Waals surface area (Å²) in [7, 11) is 3.11. The molecule has 0 aliphatic heterocycles. The lowest BCUT2D eigenvalue weighted by molar-refractivity contribution is 0.0948. The molecule has 0 unspecified atom stereocenters. The zero-order chi connectivity index (χ0) is 15.2. The van der Waals surface area contributed by atoms with Gasteiger partial charge in [0.15, 0.2) is 0 Å². The van der Waals surface area contributed by atoms with E-state index in [-0.39, 0.29) is 5.91 Å². The minimum absolute atomic E-state index is 0.171. The summed E-state index contributed by atoms with van der Waals surface area (Å²) in [5.41, 5.74) is 2.74. The van der Waals surface area contributed by atoms with Crippen LogP contribution in [0.1, 0.15) is 21.5 Å². The summed E-state index contributed by atoms with van der Waals surface area (Å²) in [5.74, 6) is 0.979. The van der Waals surface area contributed by atoms with E-state index in [1.807, 2.05) is 31.2 Å². The number of hydrogen-bond acceptors (Lipinski definition) is 3. The first-order valence-electron chi connectivity index (χ1n) is 6.70. The van der Waals surface area contributed by atoms with Gasteiger partial charge in [-0.25, -0.2) is 0 Å². The maximum absolute atomic E-state index is 12.2. The van der Waals surface area contributed by atoms with Crippen molar-refractivity contribution in [3.8, 4) is 11.5 Å². The molecule has 0 aliphatic carbocycles. The molecule has 0 fully saturated rings. The van der Waals surface area contributed by atoms with Crippen LogP contribution in [0, 0.1) is 6.92 Å². The summed E-state index contributed by atoms with van der Waals surface area (Å²) in [5, 5.41) is 2.89. The van der Waals surface area contributed by atoms with E-state index in [0.717, 1.165) is 5.56 Å². The van der Waals surface area contributed by atoms with Crippen molar-refractivity contribution in [2.24, 2.45) is 0 Å². The van der Waals surface area contributed by atoms with Gasteiger partial charge in [-0.05, 0) is 24.6 Å². The fourth-order valence-corrected chi connectivity index (χ4v) is 1.97. The number of rotatable bonds is 5. The monoisotopic (exact) mass is 285 g/mol. The molecule has 0 atom stereocenters. The number of methoxy groups -OCH3 is 2. The number of amides is 1. The number of hydrogen-bond donors (Lipinski definition) is 1. The van der Waals surface area contributed by atoms with E-state index in [0.29, 0.717) is 23.6 Å². The van der Waals surface area contributed by atoms with Gasteiger partial charge in [0.1, 0.15) is 11.5 Å². The number of carbonyl (C=O) groups is 1. The van der Waals surface area contributed by atoms with E-state index in [1.165, 1.54) is 12.7 Å². The molecule has 0 bridgehead atoms. The summed E-state index contributed by atoms with van der Waals surface area (Å²) in [6.45, 7) is 2.51. The molecule has 4 heteroatoms. The van der Waals surface area contributed by atoms with Gasteiger partial charge in [0.2, 0.25) is 0 Å². The van der Waals surface area contributed by atoms with Gasteiger partial charge in [-0.2, -0.15) is 0 Å². The lowest BCUT2D eigenvalue weighted by Gasteiger charge is -2.11. The molecule has 0 saturated heterocycles. The number of aryl methyl sites for hydroxylation is 1. The van der Waals surface area contributed by atoms with Crippen molar-refractivity contribution in [2.75, 3.05) is 14.2 Å². The Balaban J connectivity index is 2.07. The molecule has 0 aliphatic rings. The lowest BCUT2D eigenvalue weighted by atomic mass is 10.1. The van der Waals surface area contributed by atoms with E-state index in [9.17, 15) is 4.79 Å². The Hall–Kier alpha value is -2.49. The van der Waals surface area contributed by atoms with Gasteiger partial charge in [-0.15, -0.1) is 0 Å². The minimum Gasteiger partial charge on any atom is -0.497 e. The number of benzene rings is 2. The summed E-state index contributed by atoms with van der Waals surface area (Å²) in [6.07, 6.45) is 0. The maximum Gasteiger partial charge on any atom is 0.255 e. The normalized spacial score (nSPS) is 10.0. The average molecular weight is 285 g/mol. The van der Waals surface area contributed by atoms with E-state index in [2.05, 4.69) is 5.32 Å². The predicted molar refractivity (Wildman–Crippen MR) is 81.9 cm³/mol. The summed E-state index contributed by atoms with van der Waals surface area (Å²) in [6, 6.07) is 13.2. The Labute approximate surface area is 124 Å². The summed E-state index contributed by atoms with van der Waals surface area (Å²) < 4.78 is 10.4. The van der Waals surface area contributed by atoms with Gasteiger partial charge < -0.3 is 14.8 Å². The number of ether oxygens (including phenoxy) is 2. The first-order chi connectivity index (χ1) is 10.1. The third-order valence-corrected chi connectivity index (χ3v) is 3.23. The van der Waals surface area contributed by atoms with Crippen LogP contribution in [0.25, 0.3) is 0 Å². The van der Waals surface area contributed by atoms with Gasteiger partial charge in [0.25, 0.3) is 5.91 Å². The predicted octanol–water partition coefficient (Wildman–Crippen LogP) is 2.94. The molecule has 0 saturated carbocycles. The maximum atomic E-state index is 12.2. The van der Waals surface area contributed by atoms with Crippen LogP contribution in [0.15, 0.2) is 42.5 Å². The van der Waals surface area contributed by atoms with Crippen LogP contribution in [0.3, 0.4) is 0 Å². The molecule has 0 heterocycles. The Morgan fingerprint density at radius 3 is 2.38 bits per heavy atom. The molecule has 21 heavy (non-hydrogen) atoms. The fourth-order valence-electron chi connectivity index (χ4n) is 1.97. The second-order valence-corrected chi connectivity index (χ2v) is 4.73. The van der Waals surface area contributed by atoms with Gasteiger partial charge >= 0.3 is 0 Å². The van der Waals surface area contributed by atoms with Crippen molar-refractivity contribution in [1.29, 1.82) is 0 Å². The van der Waals surface area contributed by atoms with Gasteiger partial charge in [0, 0.05) is 12.6 Å². The number of carbonyl (C=O) groups excluding carboxylic acids is 1. The van der Waals surface area contributed by atoms with E-state index in [4.69, 9.17) is 9.47 Å². The number of nitrogens with one attached hydrogen (secondary N) is 1. The van der Waals surface area contributed by atoms with Gasteiger partial charge in [-0.3, -0.25) is 4.79 Å². The molecule has 2 aromatic carbocycles. The molecule has 110 valence electrons. The second-order valence-electron chi connectivity index (χ2n) is 4.73. The van der Waals surface area contributed by atoms with Crippen LogP contribution < -0.4 is 14.8 Å². The quantitative estimate of drug-likeness (QED) is 0.918. The van der Waals surface area contributed by atoms with E-state index >= 15 is 0 Å². The molecule has 2 aromatic rings. The Morgan fingerprint density at radius 1 is 1.05 bits per heavy atom. The average Bonchev–Trinajstić information content (AvgIpc) is 2.53. The third kappa shape index (κ3) is 3.75. The SMILES string of the molecule is COc1ccc(C(=O)NCc2ccc(C)cc2)c(OC)c1. The highest BCUT2D eigenvalue weighted by Gasteiger charge is 2.12. The second kappa shape index (κ2) is 6.79. The molecule has 0 radical (unpaired) electrons. The third-order valence-electron chi connectivity index (χ3n) is 3.23. The minimum atomic E-state index is -0.171. The van der Waals surface area contributed by atoms with Crippen molar-refractivity contribution in [1.82, 2.24) is 5.32 Å². The van der Waals surface area contributed by atoms with Crippen LogP contribution in [-0.4, -0.2) is 20.1 Å². The van der Waals surface area contributed by atoms with Crippen LogP contribution in [0.2, 0.25) is 0 Å². The van der Waals surface area contributed by atoms with Crippen molar-refractivity contribution in [3.63, 3.8) is 0 Å². The topological polar surface area (TPSA) is 47.6 Å². The van der Waals surface area contributed by atoms with Crippen LogP contribution >= 0.6 is 0 Å². The summed E-state index contributed by atoms with van der Waals surface area (Å²) >= 11 is 0. The molecule has 0 spiro atoms. The molecule has 1 N–H and O–H groups in total. The molecule has 0 aromatic heterocycles. The highest BCUT2D eigenvalue weighted by atomic mass is 16.5. The van der Waals surface area contributed by atoms with Crippen molar-refractivity contribution in [3.05, 3.63) is 59.2 Å². The van der Waals surface area contributed by atoms with Crippen LogP contribution in [-0.2, 0) is 6.54 Å². The highest BCUT2D eigenvalue weighted by molar-refractivity contribution is 5.97. The summed E-state index contributed by atoms with van der Waals surface area (Å²) in [4.78, 5) is 12.2. The molecular formula is C17H19NO3. The zero-order valence-electron chi connectivity index (χ0n) is 12.5. The first-order valence-corrected chi connectivity index (χ1v) is 6.70. The Kier molecular flexibility index (Phi) is 4.82. The molecule has 4 nitrogen and oxygen atoms in total. The standard InChI is InChI=1S/C17H19NO3/c1-12-4-6-13(7-5-12)11-18-17(19)15-9-8-14(20-2)10-16(15)21-3/h4-10H,11H2,1-3H3,(H,18,19). The molecular weight excluding hydrogens is 266 g/mol. The van der Waals surface area contributed by atoms with E-state index in [1.54, 1.807) is 25.3 Å². The Morgan fingerprint density at radius 2 is 1.76 bits per heavy atom. The van der Waals surface area contributed by atoms with E-state index < -0.39 is 0 Å². The van der Waals surface area contributed by atoms with Crippen molar-refractivity contribution in [2.45, 2.75) is 13.5 Å². The van der Waals surface area contributed by atoms with Gasteiger partial charge in [0.05, 0.1) is 19.8 Å². The van der Waals surface area contributed by atoms with Crippen molar-refractivity contribution < 1.29 is 14.3 Å². The largest absolute Gasteiger partial charge is 0.497 e. The van der Waals surface area contributed by atoms with Crippen LogP contribution in [0.5, 0.6) is 11.5 Å². The smallest absolute Gasteiger partial charge is 0.255 e. The van der Waals surface area contributed by atoms with Crippen molar-refractivity contribution >= 4 is 5.91 Å². The lowest BCUT2D eigenvalue weighted by Crippen LogP contribution is -2.23.